The Kier molecular flexibility index (Phi) is 5.05. The summed E-state index contributed by atoms with van der Waals surface area (Å²) in [5.41, 5.74) is 6.49. The van der Waals surface area contributed by atoms with Crippen molar-refractivity contribution in [3.8, 4) is 17.2 Å². The molecule has 28 heavy (non-hydrogen) atoms. The summed E-state index contributed by atoms with van der Waals surface area (Å²) >= 11 is 1.30. The van der Waals surface area contributed by atoms with Gasteiger partial charge in [0.05, 0.1) is 21.3 Å². The lowest BCUT2D eigenvalue weighted by Gasteiger charge is -2.22. The summed E-state index contributed by atoms with van der Waals surface area (Å²) in [4.78, 5) is 17.9. The van der Waals surface area contributed by atoms with Crippen molar-refractivity contribution >= 4 is 28.1 Å². The van der Waals surface area contributed by atoms with Gasteiger partial charge in [0.2, 0.25) is 11.5 Å². The third-order valence-corrected chi connectivity index (χ3v) is 6.83. The molecule has 0 aliphatic heterocycles. The van der Waals surface area contributed by atoms with Gasteiger partial charge in [0, 0.05) is 11.6 Å². The lowest BCUT2D eigenvalue weighted by molar-refractivity contribution is 0.104. The van der Waals surface area contributed by atoms with Crippen LogP contribution in [0.5, 0.6) is 17.2 Å². The van der Waals surface area contributed by atoms with Crippen LogP contribution < -0.4 is 25.3 Å². The number of nitrogens with one attached hydrogen (secondary N) is 1. The van der Waals surface area contributed by atoms with Gasteiger partial charge in [0.25, 0.3) is 0 Å². The first-order chi connectivity index (χ1) is 13.5. The van der Waals surface area contributed by atoms with E-state index in [1.807, 2.05) is 0 Å². The molecular weight excluding hydrogens is 378 g/mol. The Morgan fingerprint density at radius 1 is 1.14 bits per heavy atom. The van der Waals surface area contributed by atoms with Gasteiger partial charge in [-0.15, -0.1) is 0 Å². The molecule has 2 fully saturated rings. The van der Waals surface area contributed by atoms with Crippen LogP contribution in [-0.4, -0.2) is 38.1 Å². The van der Waals surface area contributed by atoms with Crippen molar-refractivity contribution in [2.75, 3.05) is 32.4 Å². The van der Waals surface area contributed by atoms with Crippen molar-refractivity contribution in [1.82, 2.24) is 4.98 Å². The molecule has 1 aromatic carbocycles. The van der Waals surface area contributed by atoms with Crippen LogP contribution in [0.25, 0.3) is 0 Å². The highest BCUT2D eigenvalue weighted by Gasteiger charge is 2.39. The highest BCUT2D eigenvalue weighted by Crippen LogP contribution is 2.46. The van der Waals surface area contributed by atoms with Crippen molar-refractivity contribution < 1.29 is 19.0 Å². The maximum Gasteiger partial charge on any atom is 0.207 e. The van der Waals surface area contributed by atoms with Crippen molar-refractivity contribution in [2.24, 2.45) is 11.8 Å². The quantitative estimate of drug-likeness (QED) is 0.682. The first-order valence-electron chi connectivity index (χ1n) is 9.41. The summed E-state index contributed by atoms with van der Waals surface area (Å²) < 4.78 is 16.0. The lowest BCUT2D eigenvalue weighted by Crippen LogP contribution is -2.25. The van der Waals surface area contributed by atoms with Crippen LogP contribution in [0.4, 0.5) is 10.9 Å². The summed E-state index contributed by atoms with van der Waals surface area (Å²) in [5, 5.41) is 4.22. The predicted octanol–water partition coefficient (Wildman–Crippen LogP) is 3.58. The maximum absolute atomic E-state index is 13.1. The molecule has 3 N–H and O–H groups in total. The lowest BCUT2D eigenvalue weighted by atomic mass is 9.96. The van der Waals surface area contributed by atoms with Crippen LogP contribution >= 0.6 is 11.3 Å². The Balaban J connectivity index is 1.59. The topological polar surface area (TPSA) is 95.7 Å². The van der Waals surface area contributed by atoms with E-state index in [-0.39, 0.29) is 11.6 Å². The maximum atomic E-state index is 13.1. The Bertz CT molecular complexity index is 873. The van der Waals surface area contributed by atoms with E-state index in [2.05, 4.69) is 10.3 Å². The monoisotopic (exact) mass is 403 g/mol. The van der Waals surface area contributed by atoms with Gasteiger partial charge in [0.15, 0.2) is 16.6 Å². The Hall–Kier alpha value is -2.48. The minimum Gasteiger partial charge on any atom is -0.493 e. The molecule has 0 saturated heterocycles. The van der Waals surface area contributed by atoms with E-state index in [1.54, 1.807) is 12.1 Å². The van der Waals surface area contributed by atoms with Gasteiger partial charge in [-0.1, -0.05) is 17.8 Å². The van der Waals surface area contributed by atoms with Crippen LogP contribution in [-0.2, 0) is 0 Å². The number of nitrogens with zero attached hydrogens (tertiary/aromatic N) is 1. The van der Waals surface area contributed by atoms with E-state index < -0.39 is 0 Å². The number of ether oxygens (including phenoxy) is 3. The predicted molar refractivity (Wildman–Crippen MR) is 109 cm³/mol. The number of ketones is 1. The second kappa shape index (κ2) is 7.50. The van der Waals surface area contributed by atoms with E-state index in [9.17, 15) is 4.79 Å². The Morgan fingerprint density at radius 2 is 1.86 bits per heavy atom. The summed E-state index contributed by atoms with van der Waals surface area (Å²) in [6.07, 6.45) is 5.10. The molecule has 1 heterocycles. The van der Waals surface area contributed by atoms with Gasteiger partial charge in [-0.25, -0.2) is 4.98 Å². The summed E-state index contributed by atoms with van der Waals surface area (Å²) in [5.74, 6) is 2.87. The average Bonchev–Trinajstić information content (AvgIpc) is 3.42. The van der Waals surface area contributed by atoms with Crippen molar-refractivity contribution in [2.45, 2.75) is 31.7 Å². The molecule has 7 nitrogen and oxygen atoms in total. The number of fused-ring (bicyclic) bond motifs is 2. The zero-order valence-electron chi connectivity index (χ0n) is 16.3. The largest absolute Gasteiger partial charge is 0.493 e. The fraction of sp³-hybridized carbons (Fsp3) is 0.500. The number of nitrogens with two attached hydrogens (primary N) is 1. The number of nitrogen functional groups attached to an aromatic ring is 1. The van der Waals surface area contributed by atoms with Gasteiger partial charge >= 0.3 is 0 Å². The number of hydrogen-bond acceptors (Lipinski definition) is 8. The van der Waals surface area contributed by atoms with Gasteiger partial charge in [-0.05, 0) is 43.2 Å². The fourth-order valence-corrected chi connectivity index (χ4v) is 5.39. The molecule has 150 valence electrons. The molecule has 2 aliphatic carbocycles. The van der Waals surface area contributed by atoms with Crippen molar-refractivity contribution in [3.05, 3.63) is 22.6 Å². The van der Waals surface area contributed by atoms with Crippen LogP contribution in [0, 0.1) is 11.8 Å². The molecule has 2 saturated carbocycles. The Morgan fingerprint density at radius 3 is 2.39 bits per heavy atom. The van der Waals surface area contributed by atoms with E-state index >= 15 is 0 Å². The minimum absolute atomic E-state index is 0.213. The average molecular weight is 404 g/mol. The summed E-state index contributed by atoms with van der Waals surface area (Å²) in [6.45, 7) is 0. The van der Waals surface area contributed by atoms with Crippen molar-refractivity contribution in [3.63, 3.8) is 0 Å². The number of aromatic nitrogens is 1. The number of carbonyl (C=O) groups is 1. The standard InChI is InChI=1S/C20H25N3O4S/c1-25-14-8-12(9-15(26-2)17(14)27-3)16(24)18-19(21)23-20(28-18)22-13-7-10-4-5-11(13)6-10/h8-11,13H,4-7,21H2,1-3H3,(H,22,23). The molecule has 2 bridgehead atoms. The first-order valence-corrected chi connectivity index (χ1v) is 10.2. The number of methoxy groups -OCH3 is 3. The molecule has 4 rings (SSSR count). The van der Waals surface area contributed by atoms with Crippen LogP contribution in [0.15, 0.2) is 12.1 Å². The van der Waals surface area contributed by atoms with Gasteiger partial charge in [-0.2, -0.15) is 0 Å². The van der Waals surface area contributed by atoms with Gasteiger partial charge < -0.3 is 25.3 Å². The second-order valence-corrected chi connectivity index (χ2v) is 8.40. The second-order valence-electron chi connectivity index (χ2n) is 7.40. The molecule has 2 aliphatic rings. The molecule has 3 atom stereocenters. The molecule has 3 unspecified atom stereocenters. The normalized spacial score (nSPS) is 22.9. The summed E-state index contributed by atoms with van der Waals surface area (Å²) in [6, 6.07) is 3.70. The zero-order chi connectivity index (χ0) is 19.8. The highest BCUT2D eigenvalue weighted by atomic mass is 32.1. The van der Waals surface area contributed by atoms with Gasteiger partial charge in [-0.3, -0.25) is 4.79 Å². The smallest absolute Gasteiger partial charge is 0.207 e. The molecule has 0 radical (unpaired) electrons. The van der Waals surface area contributed by atoms with Gasteiger partial charge in [0.1, 0.15) is 10.7 Å². The minimum atomic E-state index is -0.213. The fourth-order valence-electron chi connectivity index (χ4n) is 4.48. The number of benzene rings is 1. The number of carbonyl (C=O) groups excluding carboxylic acids is 1. The molecule has 0 spiro atoms. The van der Waals surface area contributed by atoms with Crippen molar-refractivity contribution in [1.29, 1.82) is 0 Å². The van der Waals surface area contributed by atoms with Crippen LogP contribution in [0.3, 0.4) is 0 Å². The number of hydrogen-bond donors (Lipinski definition) is 2. The molecule has 8 heteroatoms. The zero-order valence-corrected chi connectivity index (χ0v) is 17.1. The number of rotatable bonds is 7. The summed E-state index contributed by atoms with van der Waals surface area (Å²) in [7, 11) is 4.56. The molecule has 1 aromatic heterocycles. The molecule has 0 amide bonds. The highest BCUT2D eigenvalue weighted by molar-refractivity contribution is 7.18. The van der Waals surface area contributed by atoms with E-state index in [0.29, 0.717) is 44.8 Å². The van der Waals surface area contributed by atoms with Crippen LogP contribution in [0.1, 0.15) is 40.9 Å². The number of thiazole rings is 1. The van der Waals surface area contributed by atoms with E-state index in [0.717, 1.165) is 5.92 Å². The third-order valence-electron chi connectivity index (χ3n) is 5.83. The van der Waals surface area contributed by atoms with E-state index in [4.69, 9.17) is 19.9 Å². The first kappa shape index (κ1) is 18.9. The number of anilines is 2. The van der Waals surface area contributed by atoms with E-state index in [1.165, 1.54) is 58.3 Å². The third kappa shape index (κ3) is 3.26. The SMILES string of the molecule is COc1cc(C(=O)c2sc(NC3CC4CCC3C4)nc2N)cc(OC)c1OC. The molecule has 2 aromatic rings. The Labute approximate surface area is 168 Å². The molecular formula is C20H25N3O4S. The van der Waals surface area contributed by atoms with Crippen LogP contribution in [0.2, 0.25) is 0 Å².